The normalized spacial score (nSPS) is 16.8. The Morgan fingerprint density at radius 1 is 1.07 bits per heavy atom. The van der Waals surface area contributed by atoms with Crippen molar-refractivity contribution in [2.24, 2.45) is 5.92 Å². The highest BCUT2D eigenvalue weighted by Crippen LogP contribution is 2.29. The van der Waals surface area contributed by atoms with Crippen molar-refractivity contribution in [1.29, 1.82) is 0 Å². The number of piperidine rings is 1. The Morgan fingerprint density at radius 3 is 2.59 bits per heavy atom. The summed E-state index contributed by atoms with van der Waals surface area (Å²) in [5, 5.41) is 0. The average molecular weight is 369 g/mol. The lowest BCUT2D eigenvalue weighted by atomic mass is 9.98. The first kappa shape index (κ1) is 19.2. The Labute approximate surface area is 160 Å². The first-order chi connectivity index (χ1) is 13.2. The summed E-state index contributed by atoms with van der Waals surface area (Å²) in [6.45, 7) is 2.79. The molecule has 0 radical (unpaired) electrons. The zero-order valence-electron chi connectivity index (χ0n) is 16.0. The highest BCUT2D eigenvalue weighted by Gasteiger charge is 2.25. The molecule has 1 amide bonds. The van der Waals surface area contributed by atoms with Gasteiger partial charge >= 0.3 is 0 Å². The quantitative estimate of drug-likeness (QED) is 0.745. The third-order valence-electron chi connectivity index (χ3n) is 4.90. The number of rotatable bonds is 7. The molecule has 0 spiro atoms. The van der Waals surface area contributed by atoms with Crippen LogP contribution in [0.5, 0.6) is 11.5 Å². The second kappa shape index (κ2) is 9.42. The van der Waals surface area contributed by atoms with Gasteiger partial charge < -0.3 is 19.1 Å². The number of hydrogen-bond donors (Lipinski definition) is 0. The van der Waals surface area contributed by atoms with Crippen LogP contribution >= 0.6 is 0 Å². The summed E-state index contributed by atoms with van der Waals surface area (Å²) in [6.07, 6.45) is 2.09. The van der Waals surface area contributed by atoms with E-state index in [0.717, 1.165) is 25.9 Å². The van der Waals surface area contributed by atoms with Gasteiger partial charge in [0.2, 0.25) is 0 Å². The molecule has 1 unspecified atom stereocenters. The summed E-state index contributed by atoms with van der Waals surface area (Å²) < 4.78 is 16.4. The molecule has 0 N–H and O–H groups in total. The van der Waals surface area contributed by atoms with E-state index < -0.39 is 0 Å². The zero-order valence-corrected chi connectivity index (χ0v) is 16.0. The molecule has 1 aliphatic heterocycles. The minimum atomic E-state index is 0.0312. The van der Waals surface area contributed by atoms with Gasteiger partial charge in [-0.05, 0) is 42.5 Å². The van der Waals surface area contributed by atoms with Gasteiger partial charge in [0.05, 0.1) is 27.4 Å². The van der Waals surface area contributed by atoms with E-state index in [0.29, 0.717) is 36.2 Å². The van der Waals surface area contributed by atoms with E-state index in [4.69, 9.17) is 14.2 Å². The van der Waals surface area contributed by atoms with Crippen LogP contribution in [-0.4, -0.2) is 44.7 Å². The van der Waals surface area contributed by atoms with Crippen molar-refractivity contribution in [3.05, 3.63) is 59.7 Å². The summed E-state index contributed by atoms with van der Waals surface area (Å²) in [6, 6.07) is 15.5. The Kier molecular flexibility index (Phi) is 6.71. The first-order valence-electron chi connectivity index (χ1n) is 9.34. The Morgan fingerprint density at radius 2 is 1.85 bits per heavy atom. The van der Waals surface area contributed by atoms with Crippen molar-refractivity contribution in [1.82, 2.24) is 4.90 Å². The molecule has 1 heterocycles. The molecule has 1 aliphatic rings. The molecule has 144 valence electrons. The van der Waals surface area contributed by atoms with Gasteiger partial charge in [0, 0.05) is 18.7 Å². The van der Waals surface area contributed by atoms with E-state index in [9.17, 15) is 4.79 Å². The molecule has 0 aromatic heterocycles. The zero-order chi connectivity index (χ0) is 19.1. The maximum Gasteiger partial charge on any atom is 0.254 e. The lowest BCUT2D eigenvalue weighted by Crippen LogP contribution is -2.41. The number of methoxy groups -OCH3 is 2. The van der Waals surface area contributed by atoms with Crippen LogP contribution in [-0.2, 0) is 11.3 Å². The Bertz CT molecular complexity index is 747. The number of benzene rings is 2. The van der Waals surface area contributed by atoms with Crippen molar-refractivity contribution in [3.8, 4) is 11.5 Å². The van der Waals surface area contributed by atoms with Gasteiger partial charge in [-0.25, -0.2) is 0 Å². The number of amides is 1. The largest absolute Gasteiger partial charge is 0.493 e. The van der Waals surface area contributed by atoms with Crippen LogP contribution in [0.4, 0.5) is 0 Å². The van der Waals surface area contributed by atoms with E-state index in [1.54, 1.807) is 32.4 Å². The van der Waals surface area contributed by atoms with E-state index in [-0.39, 0.29) is 5.91 Å². The smallest absolute Gasteiger partial charge is 0.254 e. The summed E-state index contributed by atoms with van der Waals surface area (Å²) in [7, 11) is 3.16. The van der Waals surface area contributed by atoms with Gasteiger partial charge in [0.15, 0.2) is 11.5 Å². The molecule has 2 aromatic carbocycles. The molecule has 0 saturated carbocycles. The van der Waals surface area contributed by atoms with E-state index in [2.05, 4.69) is 12.1 Å². The fourth-order valence-electron chi connectivity index (χ4n) is 3.46. The lowest BCUT2D eigenvalue weighted by molar-refractivity contribution is 0.0425. The van der Waals surface area contributed by atoms with Crippen molar-refractivity contribution in [3.63, 3.8) is 0 Å². The molecule has 0 bridgehead atoms. The van der Waals surface area contributed by atoms with E-state index in [1.165, 1.54) is 5.56 Å². The summed E-state index contributed by atoms with van der Waals surface area (Å²) >= 11 is 0. The van der Waals surface area contributed by atoms with Gasteiger partial charge in [0.1, 0.15) is 0 Å². The van der Waals surface area contributed by atoms with Crippen molar-refractivity contribution >= 4 is 5.91 Å². The van der Waals surface area contributed by atoms with Gasteiger partial charge in [-0.2, -0.15) is 0 Å². The van der Waals surface area contributed by atoms with Gasteiger partial charge in [-0.1, -0.05) is 30.3 Å². The monoisotopic (exact) mass is 369 g/mol. The molecular formula is C22H27NO4. The Balaban J connectivity index is 1.56. The molecule has 2 aromatic rings. The maximum atomic E-state index is 12.9. The molecule has 5 nitrogen and oxygen atoms in total. The third kappa shape index (κ3) is 5.01. The third-order valence-corrected chi connectivity index (χ3v) is 4.90. The predicted molar refractivity (Wildman–Crippen MR) is 104 cm³/mol. The highest BCUT2D eigenvalue weighted by atomic mass is 16.5. The van der Waals surface area contributed by atoms with Crippen LogP contribution in [0.3, 0.4) is 0 Å². The molecule has 1 fully saturated rings. The van der Waals surface area contributed by atoms with Crippen LogP contribution < -0.4 is 9.47 Å². The van der Waals surface area contributed by atoms with Crippen LogP contribution in [0.25, 0.3) is 0 Å². The molecule has 3 rings (SSSR count). The number of hydrogen-bond acceptors (Lipinski definition) is 4. The average Bonchev–Trinajstić information content (AvgIpc) is 2.73. The van der Waals surface area contributed by atoms with Crippen molar-refractivity contribution in [2.45, 2.75) is 19.4 Å². The SMILES string of the molecule is COc1ccc(C(=O)N2CCCC(COCc3ccccc3)C2)cc1OC. The van der Waals surface area contributed by atoms with E-state index in [1.807, 2.05) is 23.1 Å². The predicted octanol–water partition coefficient (Wildman–Crippen LogP) is 3.77. The van der Waals surface area contributed by atoms with Crippen LogP contribution in [0.1, 0.15) is 28.8 Å². The topological polar surface area (TPSA) is 48.0 Å². The fraction of sp³-hybridized carbons (Fsp3) is 0.409. The fourth-order valence-corrected chi connectivity index (χ4v) is 3.46. The van der Waals surface area contributed by atoms with Crippen LogP contribution in [0.15, 0.2) is 48.5 Å². The molecular weight excluding hydrogens is 342 g/mol. The second-order valence-corrected chi connectivity index (χ2v) is 6.83. The molecule has 27 heavy (non-hydrogen) atoms. The number of carbonyl (C=O) groups is 1. The molecule has 1 atom stereocenters. The highest BCUT2D eigenvalue weighted by molar-refractivity contribution is 5.95. The van der Waals surface area contributed by atoms with E-state index >= 15 is 0 Å². The number of carbonyl (C=O) groups excluding carboxylic acids is 1. The van der Waals surface area contributed by atoms with Crippen LogP contribution in [0.2, 0.25) is 0 Å². The summed E-state index contributed by atoms with van der Waals surface area (Å²) in [5.41, 5.74) is 1.80. The first-order valence-corrected chi connectivity index (χ1v) is 9.34. The van der Waals surface area contributed by atoms with Crippen molar-refractivity contribution < 1.29 is 19.0 Å². The number of likely N-dealkylation sites (tertiary alicyclic amines) is 1. The Hall–Kier alpha value is -2.53. The second-order valence-electron chi connectivity index (χ2n) is 6.83. The number of ether oxygens (including phenoxy) is 3. The molecule has 0 aliphatic carbocycles. The minimum absolute atomic E-state index is 0.0312. The summed E-state index contributed by atoms with van der Waals surface area (Å²) in [4.78, 5) is 14.8. The minimum Gasteiger partial charge on any atom is -0.493 e. The van der Waals surface area contributed by atoms with Crippen LogP contribution in [0, 0.1) is 5.92 Å². The number of nitrogens with zero attached hydrogens (tertiary/aromatic N) is 1. The van der Waals surface area contributed by atoms with Gasteiger partial charge in [-0.15, -0.1) is 0 Å². The molecule has 1 saturated heterocycles. The lowest BCUT2D eigenvalue weighted by Gasteiger charge is -2.32. The van der Waals surface area contributed by atoms with Crippen molar-refractivity contribution in [2.75, 3.05) is 33.9 Å². The molecule has 5 heteroatoms. The standard InChI is InChI=1S/C22H27NO4/c1-25-20-11-10-19(13-21(20)26-2)22(24)23-12-6-9-18(14-23)16-27-15-17-7-4-3-5-8-17/h3-5,7-8,10-11,13,18H,6,9,12,14-16H2,1-2H3. The van der Waals surface area contributed by atoms with Gasteiger partial charge in [-0.3, -0.25) is 4.79 Å². The summed E-state index contributed by atoms with van der Waals surface area (Å²) in [5.74, 6) is 1.60. The van der Waals surface area contributed by atoms with Gasteiger partial charge in [0.25, 0.3) is 5.91 Å². The maximum absolute atomic E-state index is 12.9.